The van der Waals surface area contributed by atoms with Gasteiger partial charge < -0.3 is 20.8 Å². The van der Waals surface area contributed by atoms with E-state index in [1.165, 1.54) is 6.08 Å². The molecule has 0 atom stereocenters. The summed E-state index contributed by atoms with van der Waals surface area (Å²) >= 11 is 0. The number of halogens is 1. The molecule has 4 N–H and O–H groups in total. The fourth-order valence-electron chi connectivity index (χ4n) is 4.69. The molecule has 1 aliphatic rings. The molecule has 5 rings (SSSR count). The number of rotatable bonds is 8. The van der Waals surface area contributed by atoms with Crippen LogP contribution in [0.25, 0.3) is 27.9 Å². The second kappa shape index (κ2) is 9.93. The third-order valence-corrected chi connectivity index (χ3v) is 6.85. The van der Waals surface area contributed by atoms with E-state index in [4.69, 9.17) is 5.73 Å². The molecule has 2 aromatic carbocycles. The summed E-state index contributed by atoms with van der Waals surface area (Å²) < 4.78 is 16.1. The first kappa shape index (κ1) is 24.9. The van der Waals surface area contributed by atoms with E-state index in [2.05, 4.69) is 22.2 Å². The highest BCUT2D eigenvalue weighted by Crippen LogP contribution is 2.39. The van der Waals surface area contributed by atoms with Crippen LogP contribution in [-0.2, 0) is 4.79 Å². The lowest BCUT2D eigenvalue weighted by Crippen LogP contribution is -2.44. The smallest absolute Gasteiger partial charge is 0.251 e. The van der Waals surface area contributed by atoms with E-state index in [1.807, 2.05) is 16.5 Å². The molecule has 3 amide bonds. The fraction of sp³-hybridized carbons (Fsp3) is 0.172. The molecule has 1 saturated carbocycles. The average Bonchev–Trinajstić information content (AvgIpc) is 3.26. The summed E-state index contributed by atoms with van der Waals surface area (Å²) in [5.74, 6) is -1.31. The maximum Gasteiger partial charge on any atom is 0.251 e. The highest BCUT2D eigenvalue weighted by atomic mass is 19.1. The van der Waals surface area contributed by atoms with Crippen LogP contribution in [0.2, 0.25) is 0 Å². The molecule has 4 aromatic rings. The second-order valence-corrected chi connectivity index (χ2v) is 9.33. The number of aromatic nitrogens is 2. The molecule has 8 nitrogen and oxygen atoms in total. The topological polar surface area (TPSA) is 119 Å². The summed E-state index contributed by atoms with van der Waals surface area (Å²) in [6.07, 6.45) is 7.86. The number of nitrogens with zero attached hydrogens (tertiary/aromatic N) is 2. The number of alkyl halides is 1. The molecule has 0 bridgehead atoms. The van der Waals surface area contributed by atoms with Crippen molar-refractivity contribution in [1.82, 2.24) is 14.7 Å². The monoisotopic (exact) mass is 511 g/mol. The molecule has 1 fully saturated rings. The quantitative estimate of drug-likeness (QED) is 0.302. The Balaban J connectivity index is 1.55. The van der Waals surface area contributed by atoms with Crippen molar-refractivity contribution in [1.29, 1.82) is 0 Å². The van der Waals surface area contributed by atoms with E-state index >= 15 is 0 Å². The lowest BCUT2D eigenvalue weighted by atomic mass is 9.82. The number of hydrogen-bond acceptors (Lipinski definition) is 4. The summed E-state index contributed by atoms with van der Waals surface area (Å²) in [4.78, 5) is 41.1. The van der Waals surface area contributed by atoms with Crippen LogP contribution < -0.4 is 16.4 Å². The standard InChI is InChI=1S/C29H26FN5O3/c1-2-23(36)34-21-10-8-19(9-11-21)26-24(25(27(31)37)22-16-32-14-15-35(22)26)18-4-6-20(7-5-18)28(38)33-17-29(30)12-3-13-29/h2,4-11,14-16H,1,3,12-13,17H2,(H2,31,37)(H,33,38)(H,34,36). The number of benzene rings is 2. The van der Waals surface area contributed by atoms with Crippen molar-refractivity contribution in [2.24, 2.45) is 5.73 Å². The minimum Gasteiger partial charge on any atom is -0.366 e. The Morgan fingerprint density at radius 1 is 1.08 bits per heavy atom. The lowest BCUT2D eigenvalue weighted by molar-refractivity contribution is -0.111. The van der Waals surface area contributed by atoms with Gasteiger partial charge in [0.1, 0.15) is 5.67 Å². The molecule has 1 aliphatic carbocycles. The van der Waals surface area contributed by atoms with E-state index in [0.717, 1.165) is 12.0 Å². The molecular formula is C29H26FN5O3. The number of nitrogens with one attached hydrogen (secondary N) is 2. The number of amides is 3. The van der Waals surface area contributed by atoms with Crippen molar-refractivity contribution in [2.45, 2.75) is 24.9 Å². The summed E-state index contributed by atoms with van der Waals surface area (Å²) in [5, 5.41) is 5.39. The maximum absolute atomic E-state index is 14.3. The van der Waals surface area contributed by atoms with E-state index in [9.17, 15) is 18.8 Å². The van der Waals surface area contributed by atoms with Gasteiger partial charge in [0.2, 0.25) is 5.91 Å². The van der Waals surface area contributed by atoms with Crippen molar-refractivity contribution < 1.29 is 18.8 Å². The number of primary amides is 1. The molecule has 9 heteroatoms. The van der Waals surface area contributed by atoms with Gasteiger partial charge in [-0.25, -0.2) is 4.39 Å². The minimum atomic E-state index is -1.31. The molecular weight excluding hydrogens is 485 g/mol. The van der Waals surface area contributed by atoms with Crippen molar-refractivity contribution in [3.05, 3.63) is 90.9 Å². The first-order valence-electron chi connectivity index (χ1n) is 12.2. The van der Waals surface area contributed by atoms with Crippen LogP contribution in [0.5, 0.6) is 0 Å². The van der Waals surface area contributed by atoms with E-state index in [1.54, 1.807) is 55.0 Å². The molecule has 2 aromatic heterocycles. The Labute approximate surface area is 218 Å². The first-order valence-corrected chi connectivity index (χ1v) is 12.2. The summed E-state index contributed by atoms with van der Waals surface area (Å²) in [6, 6.07) is 13.9. The second-order valence-electron chi connectivity index (χ2n) is 9.33. The third kappa shape index (κ3) is 4.66. The Hall–Kier alpha value is -4.79. The maximum atomic E-state index is 14.3. The van der Waals surface area contributed by atoms with E-state index in [-0.39, 0.29) is 18.4 Å². The molecule has 192 valence electrons. The Morgan fingerprint density at radius 3 is 2.37 bits per heavy atom. The number of anilines is 1. The first-order chi connectivity index (χ1) is 18.3. The third-order valence-electron chi connectivity index (χ3n) is 6.85. The zero-order valence-electron chi connectivity index (χ0n) is 20.5. The number of nitrogens with two attached hydrogens (primary N) is 1. The van der Waals surface area contributed by atoms with Gasteiger partial charge in [-0.15, -0.1) is 0 Å². The van der Waals surface area contributed by atoms with Crippen molar-refractivity contribution in [3.8, 4) is 22.4 Å². The highest BCUT2D eigenvalue weighted by molar-refractivity contribution is 6.11. The number of hydrogen-bond donors (Lipinski definition) is 3. The molecule has 0 aliphatic heterocycles. The summed E-state index contributed by atoms with van der Waals surface area (Å²) in [7, 11) is 0. The van der Waals surface area contributed by atoms with Gasteiger partial charge in [0.05, 0.1) is 29.5 Å². The molecule has 0 spiro atoms. The SMILES string of the molecule is C=CC(=O)Nc1ccc(-c2c(-c3ccc(C(=O)NCC4(F)CCC4)cc3)c(C(N)=O)c3cnccn23)cc1. The number of fused-ring (bicyclic) bond motifs is 1. The minimum absolute atomic E-state index is 0.00924. The van der Waals surface area contributed by atoms with Crippen molar-refractivity contribution in [3.63, 3.8) is 0 Å². The molecule has 0 saturated heterocycles. The molecule has 38 heavy (non-hydrogen) atoms. The van der Waals surface area contributed by atoms with Crippen molar-refractivity contribution in [2.75, 3.05) is 11.9 Å². The predicted octanol–water partition coefficient (Wildman–Crippen LogP) is 4.51. The Kier molecular flexibility index (Phi) is 6.50. The number of carbonyl (C=O) groups excluding carboxylic acids is 3. The van der Waals surface area contributed by atoms with Crippen LogP contribution in [-0.4, -0.2) is 39.3 Å². The van der Waals surface area contributed by atoms with Crippen LogP contribution in [0.3, 0.4) is 0 Å². The summed E-state index contributed by atoms with van der Waals surface area (Å²) in [5.41, 5.74) is 9.03. The highest BCUT2D eigenvalue weighted by Gasteiger charge is 2.37. The number of carbonyl (C=O) groups is 3. The normalized spacial score (nSPS) is 13.9. The van der Waals surface area contributed by atoms with Gasteiger partial charge in [-0.3, -0.25) is 19.4 Å². The Bertz CT molecular complexity index is 1550. The fourth-order valence-corrected chi connectivity index (χ4v) is 4.69. The molecule has 0 unspecified atom stereocenters. The van der Waals surface area contributed by atoms with E-state index in [0.29, 0.717) is 52.0 Å². The van der Waals surface area contributed by atoms with Gasteiger partial charge in [-0.2, -0.15) is 0 Å². The van der Waals surface area contributed by atoms with Gasteiger partial charge in [0.25, 0.3) is 11.8 Å². The molecule has 2 heterocycles. The van der Waals surface area contributed by atoms with Gasteiger partial charge in [-0.1, -0.05) is 30.8 Å². The zero-order valence-corrected chi connectivity index (χ0v) is 20.5. The van der Waals surface area contributed by atoms with Crippen LogP contribution in [0.4, 0.5) is 10.1 Å². The van der Waals surface area contributed by atoms with Gasteiger partial charge in [-0.05, 0) is 60.7 Å². The van der Waals surface area contributed by atoms with Crippen LogP contribution in [0.15, 0.2) is 79.8 Å². The van der Waals surface area contributed by atoms with Crippen LogP contribution in [0, 0.1) is 0 Å². The van der Waals surface area contributed by atoms with Gasteiger partial charge in [0.15, 0.2) is 0 Å². The van der Waals surface area contributed by atoms with Gasteiger partial charge in [0, 0.05) is 29.2 Å². The lowest BCUT2D eigenvalue weighted by Gasteiger charge is -2.33. The van der Waals surface area contributed by atoms with Crippen LogP contribution in [0.1, 0.15) is 40.0 Å². The average molecular weight is 512 g/mol. The zero-order chi connectivity index (χ0) is 26.9. The predicted molar refractivity (Wildman–Crippen MR) is 143 cm³/mol. The summed E-state index contributed by atoms with van der Waals surface area (Å²) in [6.45, 7) is 3.45. The van der Waals surface area contributed by atoms with E-state index < -0.39 is 11.6 Å². The van der Waals surface area contributed by atoms with Crippen molar-refractivity contribution >= 4 is 28.9 Å². The van der Waals surface area contributed by atoms with Gasteiger partial charge >= 0.3 is 0 Å². The molecule has 0 radical (unpaired) electrons. The van der Waals surface area contributed by atoms with Crippen LogP contribution >= 0.6 is 0 Å². The Morgan fingerprint density at radius 2 is 1.76 bits per heavy atom. The largest absolute Gasteiger partial charge is 0.366 e.